The van der Waals surface area contributed by atoms with Crippen LogP contribution in [0.25, 0.3) is 20.8 Å². The van der Waals surface area contributed by atoms with Crippen LogP contribution in [0.4, 0.5) is 5.69 Å². The van der Waals surface area contributed by atoms with E-state index in [9.17, 15) is 4.79 Å². The maximum Gasteiger partial charge on any atom is 0.255 e. The number of thiazole rings is 1. The molecule has 4 aromatic rings. The molecular weight excluding hydrogens is 416 g/mol. The number of nitrogens with zero attached hydrogens (tertiary/aromatic N) is 1. The average molecular weight is 437 g/mol. The van der Waals surface area contributed by atoms with Crippen LogP contribution in [-0.2, 0) is 0 Å². The first-order valence-electron chi connectivity index (χ1n) is 9.69. The molecule has 0 radical (unpaired) electrons. The molecule has 0 fully saturated rings. The van der Waals surface area contributed by atoms with Crippen LogP contribution in [0.2, 0.25) is 5.02 Å². The van der Waals surface area contributed by atoms with E-state index in [1.165, 1.54) is 0 Å². The Kier molecular flexibility index (Phi) is 6.02. The van der Waals surface area contributed by atoms with Gasteiger partial charge in [0.15, 0.2) is 0 Å². The van der Waals surface area contributed by atoms with E-state index in [1.807, 2.05) is 42.5 Å². The summed E-state index contributed by atoms with van der Waals surface area (Å²) in [4.78, 5) is 17.3. The van der Waals surface area contributed by atoms with Gasteiger partial charge in [-0.25, -0.2) is 4.98 Å². The number of amides is 1. The molecule has 0 saturated heterocycles. The fourth-order valence-corrected chi connectivity index (χ4v) is 4.18. The standard InChI is InChI=1S/C24H21ClN2O2S/c1-15(2)14-29-18-10-7-16(8-11-18)23(28)26-17-9-12-20(25)19(13-17)24-27-21-5-3-4-6-22(21)30-24/h3-13,15H,14H2,1-2H3,(H,26,28). The van der Waals surface area contributed by atoms with E-state index in [2.05, 4.69) is 24.1 Å². The molecule has 1 amide bonds. The van der Waals surface area contributed by atoms with Gasteiger partial charge in [-0.2, -0.15) is 0 Å². The van der Waals surface area contributed by atoms with Gasteiger partial charge < -0.3 is 10.1 Å². The van der Waals surface area contributed by atoms with Gasteiger partial charge in [-0.15, -0.1) is 11.3 Å². The molecular formula is C24H21ClN2O2S. The average Bonchev–Trinajstić information content (AvgIpc) is 3.18. The van der Waals surface area contributed by atoms with Gasteiger partial charge in [0.2, 0.25) is 0 Å². The first-order chi connectivity index (χ1) is 14.5. The van der Waals surface area contributed by atoms with Crippen molar-refractivity contribution in [3.63, 3.8) is 0 Å². The number of rotatable bonds is 6. The third-order valence-corrected chi connectivity index (χ3v) is 5.85. The molecule has 152 valence electrons. The molecule has 30 heavy (non-hydrogen) atoms. The van der Waals surface area contributed by atoms with Crippen molar-refractivity contribution in [1.82, 2.24) is 4.98 Å². The zero-order valence-electron chi connectivity index (χ0n) is 16.7. The largest absolute Gasteiger partial charge is 0.493 e. The Morgan fingerprint density at radius 2 is 1.87 bits per heavy atom. The second-order valence-corrected chi connectivity index (χ2v) is 8.80. The van der Waals surface area contributed by atoms with E-state index in [-0.39, 0.29) is 5.91 Å². The van der Waals surface area contributed by atoms with Crippen LogP contribution in [0.5, 0.6) is 5.75 Å². The van der Waals surface area contributed by atoms with E-state index >= 15 is 0 Å². The minimum atomic E-state index is -0.192. The number of carbonyl (C=O) groups excluding carboxylic acids is 1. The highest BCUT2D eigenvalue weighted by atomic mass is 35.5. The lowest BCUT2D eigenvalue weighted by molar-refractivity contribution is 0.102. The highest BCUT2D eigenvalue weighted by molar-refractivity contribution is 7.21. The van der Waals surface area contributed by atoms with Crippen molar-refractivity contribution in [2.45, 2.75) is 13.8 Å². The number of carbonyl (C=O) groups is 1. The van der Waals surface area contributed by atoms with Crippen molar-refractivity contribution < 1.29 is 9.53 Å². The van der Waals surface area contributed by atoms with Crippen LogP contribution in [0.15, 0.2) is 66.7 Å². The molecule has 6 heteroatoms. The first-order valence-corrected chi connectivity index (χ1v) is 10.9. The summed E-state index contributed by atoms with van der Waals surface area (Å²) in [5.41, 5.74) is 2.96. The monoisotopic (exact) mass is 436 g/mol. The van der Waals surface area contributed by atoms with Gasteiger partial charge in [-0.1, -0.05) is 37.6 Å². The molecule has 1 N–H and O–H groups in total. The van der Waals surface area contributed by atoms with Gasteiger partial charge in [0, 0.05) is 16.8 Å². The second-order valence-electron chi connectivity index (χ2n) is 7.36. The number of benzene rings is 3. The van der Waals surface area contributed by atoms with Crippen molar-refractivity contribution in [1.29, 1.82) is 0 Å². The molecule has 3 aromatic carbocycles. The van der Waals surface area contributed by atoms with Crippen molar-refractivity contribution in [3.05, 3.63) is 77.3 Å². The number of nitrogens with one attached hydrogen (secondary N) is 1. The molecule has 0 saturated carbocycles. The van der Waals surface area contributed by atoms with Crippen molar-refractivity contribution in [2.75, 3.05) is 11.9 Å². The lowest BCUT2D eigenvalue weighted by Gasteiger charge is -2.10. The second kappa shape index (κ2) is 8.86. The molecule has 0 spiro atoms. The van der Waals surface area contributed by atoms with Crippen LogP contribution in [-0.4, -0.2) is 17.5 Å². The molecule has 0 bridgehead atoms. The van der Waals surface area contributed by atoms with E-state index in [0.717, 1.165) is 26.5 Å². The predicted molar refractivity (Wildman–Crippen MR) is 125 cm³/mol. The van der Waals surface area contributed by atoms with Crippen LogP contribution < -0.4 is 10.1 Å². The van der Waals surface area contributed by atoms with Gasteiger partial charge >= 0.3 is 0 Å². The van der Waals surface area contributed by atoms with Gasteiger partial charge in [0.25, 0.3) is 5.91 Å². The fraction of sp³-hybridized carbons (Fsp3) is 0.167. The maximum absolute atomic E-state index is 12.7. The van der Waals surface area contributed by atoms with E-state index in [0.29, 0.717) is 28.8 Å². The Labute approximate surface area is 184 Å². The third kappa shape index (κ3) is 4.64. The summed E-state index contributed by atoms with van der Waals surface area (Å²) in [6.07, 6.45) is 0. The highest BCUT2D eigenvalue weighted by Crippen LogP contribution is 2.36. The van der Waals surface area contributed by atoms with Crippen molar-refractivity contribution in [2.24, 2.45) is 5.92 Å². The SMILES string of the molecule is CC(C)COc1ccc(C(=O)Nc2ccc(Cl)c(-c3nc4ccccc4s3)c2)cc1. The van der Waals surface area contributed by atoms with Crippen LogP contribution in [0.1, 0.15) is 24.2 Å². The summed E-state index contributed by atoms with van der Waals surface area (Å²) < 4.78 is 6.77. The fourth-order valence-electron chi connectivity index (χ4n) is 2.92. The van der Waals surface area contributed by atoms with E-state index in [1.54, 1.807) is 35.6 Å². The number of aromatic nitrogens is 1. The summed E-state index contributed by atoms with van der Waals surface area (Å²) in [5.74, 6) is 1.01. The zero-order chi connectivity index (χ0) is 21.1. The maximum atomic E-state index is 12.7. The van der Waals surface area contributed by atoms with Gasteiger partial charge in [-0.05, 0) is 60.5 Å². The number of anilines is 1. The Balaban J connectivity index is 1.52. The molecule has 0 aliphatic heterocycles. The summed E-state index contributed by atoms with van der Waals surface area (Å²) >= 11 is 8.00. The normalized spacial score (nSPS) is 11.1. The summed E-state index contributed by atoms with van der Waals surface area (Å²) in [6, 6.07) is 20.5. The molecule has 0 aliphatic carbocycles. The lowest BCUT2D eigenvalue weighted by atomic mass is 10.1. The van der Waals surface area contributed by atoms with Crippen molar-refractivity contribution >= 4 is 44.7 Å². The molecule has 1 aromatic heterocycles. The minimum absolute atomic E-state index is 0.192. The smallest absolute Gasteiger partial charge is 0.255 e. The number of hydrogen-bond acceptors (Lipinski definition) is 4. The molecule has 4 rings (SSSR count). The quantitative estimate of drug-likeness (QED) is 0.357. The van der Waals surface area contributed by atoms with Crippen LogP contribution in [0.3, 0.4) is 0 Å². The molecule has 1 heterocycles. The van der Waals surface area contributed by atoms with Crippen LogP contribution in [0, 0.1) is 5.92 Å². The molecule has 0 atom stereocenters. The van der Waals surface area contributed by atoms with E-state index in [4.69, 9.17) is 16.3 Å². The summed E-state index contributed by atoms with van der Waals surface area (Å²) in [7, 11) is 0. The molecule has 4 nitrogen and oxygen atoms in total. The van der Waals surface area contributed by atoms with Gasteiger partial charge in [-0.3, -0.25) is 4.79 Å². The minimum Gasteiger partial charge on any atom is -0.493 e. The highest BCUT2D eigenvalue weighted by Gasteiger charge is 2.13. The first kappa shape index (κ1) is 20.4. The number of fused-ring (bicyclic) bond motifs is 1. The number of ether oxygens (including phenoxy) is 1. The topological polar surface area (TPSA) is 51.2 Å². The third-order valence-electron chi connectivity index (χ3n) is 4.45. The Morgan fingerprint density at radius 3 is 2.60 bits per heavy atom. The van der Waals surface area contributed by atoms with Crippen molar-refractivity contribution in [3.8, 4) is 16.3 Å². The zero-order valence-corrected chi connectivity index (χ0v) is 18.3. The summed E-state index contributed by atoms with van der Waals surface area (Å²) in [6.45, 7) is 4.83. The lowest BCUT2D eigenvalue weighted by Crippen LogP contribution is -2.12. The summed E-state index contributed by atoms with van der Waals surface area (Å²) in [5, 5.41) is 4.36. The molecule has 0 unspecified atom stereocenters. The van der Waals surface area contributed by atoms with Crippen LogP contribution >= 0.6 is 22.9 Å². The van der Waals surface area contributed by atoms with Gasteiger partial charge in [0.1, 0.15) is 10.8 Å². The molecule has 0 aliphatic rings. The number of halogens is 1. The van der Waals surface area contributed by atoms with Gasteiger partial charge in [0.05, 0.1) is 21.8 Å². The number of hydrogen-bond donors (Lipinski definition) is 1. The number of para-hydroxylation sites is 1. The predicted octanol–water partition coefficient (Wildman–Crippen LogP) is 6.90. The van der Waals surface area contributed by atoms with E-state index < -0.39 is 0 Å². The Morgan fingerprint density at radius 1 is 1.10 bits per heavy atom. The Bertz CT molecular complexity index is 1150. The Hall–Kier alpha value is -2.89.